The summed E-state index contributed by atoms with van der Waals surface area (Å²) in [5.41, 5.74) is -4.16. The summed E-state index contributed by atoms with van der Waals surface area (Å²) >= 11 is 4.96. The Morgan fingerprint density at radius 3 is 2.50 bits per heavy atom. The van der Waals surface area contributed by atoms with Gasteiger partial charge in [0, 0.05) is 6.07 Å². The van der Waals surface area contributed by atoms with Crippen LogP contribution in [-0.4, -0.2) is 15.1 Å². The highest BCUT2D eigenvalue weighted by Gasteiger charge is 2.25. The summed E-state index contributed by atoms with van der Waals surface area (Å²) in [6.07, 6.45) is -3.18. The Morgan fingerprint density at radius 2 is 2.12 bits per heavy atom. The lowest BCUT2D eigenvalue weighted by Crippen LogP contribution is -2.18. The largest absolute Gasteiger partial charge is 0.312 e. The van der Waals surface area contributed by atoms with E-state index in [1.165, 1.54) is 0 Å². The van der Waals surface area contributed by atoms with Gasteiger partial charge >= 0.3 is 0 Å². The first-order chi connectivity index (χ1) is 7.34. The zero-order chi connectivity index (χ0) is 12.5. The Balaban J connectivity index is 3.56. The molecule has 86 valence electrons. The molecule has 0 aliphatic heterocycles. The first-order valence-electron chi connectivity index (χ1n) is 3.74. The van der Waals surface area contributed by atoms with Crippen LogP contribution in [0.1, 0.15) is 22.5 Å². The molecule has 0 amide bonds. The van der Waals surface area contributed by atoms with Crippen molar-refractivity contribution >= 4 is 22.5 Å². The van der Waals surface area contributed by atoms with Gasteiger partial charge in [-0.15, -0.1) is 0 Å². The van der Waals surface area contributed by atoms with E-state index in [1.54, 1.807) is 4.98 Å². The number of nitrogens with one attached hydrogen (secondary N) is 1. The molecule has 1 heterocycles. The summed E-state index contributed by atoms with van der Waals surface area (Å²) in [5.74, 6) is 0. The quantitative estimate of drug-likeness (QED) is 0.502. The second kappa shape index (κ2) is 4.35. The summed E-state index contributed by atoms with van der Waals surface area (Å²) in [5, 5.41) is 9.14. The predicted octanol–water partition coefficient (Wildman–Crippen LogP) is 1.60. The Hall–Kier alpha value is -1.83. The first-order valence-corrected chi connectivity index (χ1v) is 4.12. The molecule has 0 aliphatic carbocycles. The number of carbonyl (C=O) groups excluding carboxylic acids is 1. The molecule has 16 heavy (non-hydrogen) atoms. The van der Waals surface area contributed by atoms with Crippen molar-refractivity contribution in [3.63, 3.8) is 0 Å². The predicted molar refractivity (Wildman–Crippen MR) is 48.9 cm³/mol. The Morgan fingerprint density at radius 1 is 1.56 bits per heavy atom. The van der Waals surface area contributed by atoms with Gasteiger partial charge in [0.25, 0.3) is 22.9 Å². The third kappa shape index (κ3) is 2.22. The number of aromatic nitrogens is 1. The van der Waals surface area contributed by atoms with Gasteiger partial charge in [-0.25, -0.2) is 8.78 Å². The Bertz CT molecular complexity index is 514. The molecule has 0 fully saturated rings. The molecular formula is C7H3ClF2N2O4. The van der Waals surface area contributed by atoms with E-state index >= 15 is 0 Å². The van der Waals surface area contributed by atoms with E-state index in [1.807, 2.05) is 0 Å². The van der Waals surface area contributed by atoms with Crippen LogP contribution >= 0.6 is 11.6 Å². The molecule has 0 bridgehead atoms. The number of alkyl halides is 2. The third-order valence-corrected chi connectivity index (χ3v) is 1.87. The number of nitro groups is 1. The van der Waals surface area contributed by atoms with Crippen molar-refractivity contribution in [2.24, 2.45) is 0 Å². The number of nitrogens with zero attached hydrogens (tertiary/aromatic N) is 1. The Labute approximate surface area is 91.0 Å². The molecule has 0 aliphatic rings. The standard InChI is InChI=1S/C7H3ClF2N2O4/c8-5(13)4-3(12(15)16)1-2(6(9)10)7(14)11-4/h1,6H,(H,11,14). The van der Waals surface area contributed by atoms with Crippen LogP contribution in [0.5, 0.6) is 0 Å². The van der Waals surface area contributed by atoms with Crippen molar-refractivity contribution in [2.45, 2.75) is 6.43 Å². The number of hydrogen-bond acceptors (Lipinski definition) is 4. The summed E-state index contributed by atoms with van der Waals surface area (Å²) in [7, 11) is 0. The molecule has 1 rings (SSSR count). The SMILES string of the molecule is O=C(Cl)c1[nH]c(=O)c(C(F)F)cc1[N+](=O)[O-]. The van der Waals surface area contributed by atoms with E-state index in [0.29, 0.717) is 6.07 Å². The second-order valence-electron chi connectivity index (χ2n) is 2.65. The molecule has 1 aromatic heterocycles. The fraction of sp³-hybridized carbons (Fsp3) is 0.143. The van der Waals surface area contributed by atoms with E-state index in [-0.39, 0.29) is 0 Å². The number of rotatable bonds is 3. The summed E-state index contributed by atoms with van der Waals surface area (Å²) in [6.45, 7) is 0. The molecule has 0 atom stereocenters. The summed E-state index contributed by atoms with van der Waals surface area (Å²) < 4.78 is 24.5. The van der Waals surface area contributed by atoms with Crippen molar-refractivity contribution in [1.29, 1.82) is 0 Å². The van der Waals surface area contributed by atoms with Crippen LogP contribution in [0.25, 0.3) is 0 Å². The number of halogens is 3. The lowest BCUT2D eigenvalue weighted by atomic mass is 10.2. The third-order valence-electron chi connectivity index (χ3n) is 1.68. The van der Waals surface area contributed by atoms with Crippen LogP contribution in [0.3, 0.4) is 0 Å². The molecule has 0 unspecified atom stereocenters. The van der Waals surface area contributed by atoms with Crippen LogP contribution in [-0.2, 0) is 0 Å². The van der Waals surface area contributed by atoms with Gasteiger partial charge in [-0.2, -0.15) is 0 Å². The number of aromatic amines is 1. The molecule has 0 saturated carbocycles. The molecule has 0 radical (unpaired) electrons. The van der Waals surface area contributed by atoms with Crippen LogP contribution < -0.4 is 5.56 Å². The molecule has 0 saturated heterocycles. The number of pyridine rings is 1. The van der Waals surface area contributed by atoms with Crippen LogP contribution in [0.2, 0.25) is 0 Å². The lowest BCUT2D eigenvalue weighted by Gasteiger charge is -2.01. The Kier molecular flexibility index (Phi) is 3.33. The maximum atomic E-state index is 12.2. The number of hydrogen-bond donors (Lipinski definition) is 1. The van der Waals surface area contributed by atoms with Crippen LogP contribution in [0.15, 0.2) is 10.9 Å². The fourth-order valence-corrected chi connectivity index (χ4v) is 1.13. The molecule has 0 spiro atoms. The molecular weight excluding hydrogens is 250 g/mol. The van der Waals surface area contributed by atoms with Crippen molar-refractivity contribution in [3.8, 4) is 0 Å². The monoisotopic (exact) mass is 252 g/mol. The van der Waals surface area contributed by atoms with E-state index in [2.05, 4.69) is 0 Å². The van der Waals surface area contributed by atoms with Gasteiger partial charge in [-0.3, -0.25) is 19.7 Å². The van der Waals surface area contributed by atoms with Gasteiger partial charge in [0.2, 0.25) is 0 Å². The number of H-pyrrole nitrogens is 1. The van der Waals surface area contributed by atoms with Crippen molar-refractivity contribution in [1.82, 2.24) is 4.98 Å². The van der Waals surface area contributed by atoms with Gasteiger partial charge in [-0.05, 0) is 11.6 Å². The van der Waals surface area contributed by atoms with Gasteiger partial charge in [-0.1, -0.05) is 0 Å². The van der Waals surface area contributed by atoms with Crippen molar-refractivity contribution < 1.29 is 18.5 Å². The van der Waals surface area contributed by atoms with E-state index in [9.17, 15) is 28.5 Å². The minimum Gasteiger partial charge on any atom is -0.312 e. The highest BCUT2D eigenvalue weighted by molar-refractivity contribution is 6.67. The summed E-state index contributed by atoms with van der Waals surface area (Å²) in [4.78, 5) is 32.7. The smallest absolute Gasteiger partial charge is 0.298 e. The zero-order valence-electron chi connectivity index (χ0n) is 7.37. The van der Waals surface area contributed by atoms with E-state index in [0.717, 1.165) is 0 Å². The molecule has 1 aromatic rings. The van der Waals surface area contributed by atoms with E-state index in [4.69, 9.17) is 11.6 Å². The first kappa shape index (κ1) is 12.2. The minimum atomic E-state index is -3.18. The second-order valence-corrected chi connectivity index (χ2v) is 2.99. The van der Waals surface area contributed by atoms with Crippen LogP contribution in [0, 0.1) is 10.1 Å². The van der Waals surface area contributed by atoms with Crippen molar-refractivity contribution in [2.75, 3.05) is 0 Å². The molecule has 0 aromatic carbocycles. The van der Waals surface area contributed by atoms with Gasteiger partial charge in [0.05, 0.1) is 10.5 Å². The van der Waals surface area contributed by atoms with Gasteiger partial charge in [0.15, 0.2) is 5.69 Å². The topological polar surface area (TPSA) is 93.1 Å². The summed E-state index contributed by atoms with van der Waals surface area (Å²) in [6, 6.07) is 0.332. The average Bonchev–Trinajstić information content (AvgIpc) is 2.15. The molecule has 6 nitrogen and oxygen atoms in total. The van der Waals surface area contributed by atoms with Crippen LogP contribution in [0.4, 0.5) is 14.5 Å². The molecule has 1 N–H and O–H groups in total. The normalized spacial score (nSPS) is 10.5. The fourth-order valence-electron chi connectivity index (χ4n) is 0.991. The van der Waals surface area contributed by atoms with Gasteiger partial charge in [0.1, 0.15) is 0 Å². The van der Waals surface area contributed by atoms with Crippen molar-refractivity contribution in [3.05, 3.63) is 37.8 Å². The highest BCUT2D eigenvalue weighted by atomic mass is 35.5. The maximum absolute atomic E-state index is 12.2. The molecule has 9 heteroatoms. The highest BCUT2D eigenvalue weighted by Crippen LogP contribution is 2.22. The maximum Gasteiger partial charge on any atom is 0.298 e. The number of carbonyl (C=O) groups is 1. The van der Waals surface area contributed by atoms with E-state index < -0.39 is 39.1 Å². The zero-order valence-corrected chi connectivity index (χ0v) is 8.12. The minimum absolute atomic E-state index is 0.332. The lowest BCUT2D eigenvalue weighted by molar-refractivity contribution is -0.385. The van der Waals surface area contributed by atoms with Gasteiger partial charge < -0.3 is 4.98 Å². The average molecular weight is 253 g/mol.